The minimum atomic E-state index is 0.797. The maximum atomic E-state index is 4.61. The molecular formula is C18H24N4S. The number of hydrogen-bond donors (Lipinski definition) is 0. The average molecular weight is 328 g/mol. The minimum absolute atomic E-state index is 0.797. The molecule has 0 bridgehead atoms. The van der Waals surface area contributed by atoms with Gasteiger partial charge in [-0.1, -0.05) is 27.0 Å². The Morgan fingerprint density at radius 1 is 1.39 bits per heavy atom. The lowest BCUT2D eigenvalue weighted by Crippen LogP contribution is -2.11. The second kappa shape index (κ2) is 9.00. The summed E-state index contributed by atoms with van der Waals surface area (Å²) >= 11 is 1.59. The third kappa shape index (κ3) is 4.86. The van der Waals surface area contributed by atoms with Crippen molar-refractivity contribution in [1.29, 1.82) is 0 Å². The lowest BCUT2D eigenvalue weighted by Gasteiger charge is -2.13. The van der Waals surface area contributed by atoms with E-state index in [-0.39, 0.29) is 0 Å². The van der Waals surface area contributed by atoms with Gasteiger partial charge in [-0.3, -0.25) is 9.99 Å². The van der Waals surface area contributed by atoms with Crippen LogP contribution in [0.4, 0.5) is 0 Å². The van der Waals surface area contributed by atoms with Gasteiger partial charge in [0, 0.05) is 30.7 Å². The number of aryl methyl sites for hydroxylation is 1. The van der Waals surface area contributed by atoms with Crippen molar-refractivity contribution in [3.63, 3.8) is 0 Å². The van der Waals surface area contributed by atoms with Gasteiger partial charge in [0.2, 0.25) is 0 Å². The van der Waals surface area contributed by atoms with Crippen LogP contribution in [0, 0.1) is 6.92 Å². The van der Waals surface area contributed by atoms with E-state index >= 15 is 0 Å². The van der Waals surface area contributed by atoms with Crippen molar-refractivity contribution in [2.45, 2.75) is 27.7 Å². The molecule has 0 aliphatic carbocycles. The predicted octanol–water partition coefficient (Wildman–Crippen LogP) is 4.90. The van der Waals surface area contributed by atoms with Crippen molar-refractivity contribution >= 4 is 17.0 Å². The number of thiazole rings is 1. The summed E-state index contributed by atoms with van der Waals surface area (Å²) in [5.41, 5.74) is 3.61. The molecule has 0 N–H and O–H groups in total. The van der Waals surface area contributed by atoms with Crippen LogP contribution in [0.2, 0.25) is 0 Å². The van der Waals surface area contributed by atoms with Crippen molar-refractivity contribution in [1.82, 2.24) is 15.0 Å². The second-order valence-corrected chi connectivity index (χ2v) is 5.62. The number of hydrogen-bond acceptors (Lipinski definition) is 5. The van der Waals surface area contributed by atoms with Gasteiger partial charge in [-0.25, -0.2) is 4.98 Å². The Bertz CT molecular complexity index is 686. The molecule has 0 aliphatic heterocycles. The molecule has 2 rings (SSSR count). The molecule has 0 aliphatic rings. The highest BCUT2D eigenvalue weighted by molar-refractivity contribution is 7.17. The van der Waals surface area contributed by atoms with Gasteiger partial charge in [-0.05, 0) is 32.1 Å². The fraction of sp³-hybridized carbons (Fsp3) is 0.278. The van der Waals surface area contributed by atoms with Crippen molar-refractivity contribution in [2.24, 2.45) is 5.10 Å². The number of nitrogens with zero attached hydrogens (tertiary/aromatic N) is 4. The maximum absolute atomic E-state index is 4.61. The summed E-state index contributed by atoms with van der Waals surface area (Å²) < 4.78 is 0. The Morgan fingerprint density at radius 3 is 2.61 bits per heavy atom. The Labute approximate surface area is 142 Å². The Hall–Kier alpha value is -2.27. The summed E-state index contributed by atoms with van der Waals surface area (Å²) in [6.07, 6.45) is 5.31. The zero-order valence-electron chi connectivity index (χ0n) is 14.5. The van der Waals surface area contributed by atoms with Crippen LogP contribution in [0.15, 0.2) is 54.6 Å². The van der Waals surface area contributed by atoms with Crippen molar-refractivity contribution in [3.8, 4) is 10.6 Å². The van der Waals surface area contributed by atoms with Gasteiger partial charge in [0.25, 0.3) is 0 Å². The molecule has 0 amide bonds. The zero-order chi connectivity index (χ0) is 17.4. The number of hydrazone groups is 1. The first-order valence-corrected chi connectivity index (χ1v) is 8.33. The van der Waals surface area contributed by atoms with Crippen molar-refractivity contribution in [3.05, 3.63) is 60.0 Å². The van der Waals surface area contributed by atoms with Gasteiger partial charge in [0.15, 0.2) is 0 Å². The molecule has 4 nitrogen and oxygen atoms in total. The van der Waals surface area contributed by atoms with Crippen LogP contribution in [0.1, 0.15) is 31.3 Å². The van der Waals surface area contributed by atoms with Gasteiger partial charge in [0.05, 0.1) is 10.6 Å². The second-order valence-electron chi connectivity index (χ2n) is 4.62. The fourth-order valence-corrected chi connectivity index (χ4v) is 2.71. The van der Waals surface area contributed by atoms with Crippen LogP contribution in [-0.2, 0) is 0 Å². The van der Waals surface area contributed by atoms with E-state index < -0.39 is 0 Å². The standard InChI is InChI=1S/C16H18N4S.C2H6/c1-6-14(19-20(5)11(2)3)15-12(4)18-16(21-15)13-8-7-9-17-10-13;1-2/h6-10H,1-2H2,3-5H3;1-2H3/b19-14+;. The van der Waals surface area contributed by atoms with E-state index in [1.54, 1.807) is 28.6 Å². The van der Waals surface area contributed by atoms with Crippen molar-refractivity contribution in [2.75, 3.05) is 7.05 Å². The van der Waals surface area contributed by atoms with Crippen LogP contribution < -0.4 is 0 Å². The summed E-state index contributed by atoms with van der Waals surface area (Å²) in [4.78, 5) is 9.75. The van der Waals surface area contributed by atoms with Gasteiger partial charge >= 0.3 is 0 Å². The van der Waals surface area contributed by atoms with Crippen LogP contribution in [0.25, 0.3) is 10.6 Å². The molecule has 5 heteroatoms. The SMILES string of the molecule is C=C/C(=N\N(C)C(=C)C)c1sc(-c2cccnc2)nc1C.CC. The predicted molar refractivity (Wildman–Crippen MR) is 101 cm³/mol. The lowest BCUT2D eigenvalue weighted by molar-refractivity contribution is 0.450. The van der Waals surface area contributed by atoms with Crippen LogP contribution in [0.5, 0.6) is 0 Å². The molecular weight excluding hydrogens is 304 g/mol. The minimum Gasteiger partial charge on any atom is -0.273 e. The molecule has 0 radical (unpaired) electrons. The number of rotatable bonds is 5. The summed E-state index contributed by atoms with van der Waals surface area (Å²) in [7, 11) is 1.87. The number of aromatic nitrogens is 2. The molecule has 0 atom stereocenters. The summed E-state index contributed by atoms with van der Waals surface area (Å²) in [6.45, 7) is 15.6. The highest BCUT2D eigenvalue weighted by Crippen LogP contribution is 2.28. The van der Waals surface area contributed by atoms with E-state index in [4.69, 9.17) is 0 Å². The molecule has 23 heavy (non-hydrogen) atoms. The van der Waals surface area contributed by atoms with Crippen LogP contribution in [0.3, 0.4) is 0 Å². The quantitative estimate of drug-likeness (QED) is 0.579. The highest BCUT2D eigenvalue weighted by atomic mass is 32.1. The lowest BCUT2D eigenvalue weighted by atomic mass is 10.2. The smallest absolute Gasteiger partial charge is 0.125 e. The largest absolute Gasteiger partial charge is 0.273 e. The summed E-state index contributed by atoms with van der Waals surface area (Å²) in [5.74, 6) is 0. The first-order chi connectivity index (χ1) is 11.0. The van der Waals surface area contributed by atoms with E-state index in [0.29, 0.717) is 0 Å². The van der Waals surface area contributed by atoms with E-state index in [0.717, 1.165) is 32.6 Å². The molecule has 0 saturated heterocycles. The summed E-state index contributed by atoms with van der Waals surface area (Å²) in [5, 5.41) is 7.19. The molecule has 2 aromatic rings. The van der Waals surface area contributed by atoms with E-state index in [9.17, 15) is 0 Å². The molecule has 0 spiro atoms. The van der Waals surface area contributed by atoms with Crippen LogP contribution >= 0.6 is 11.3 Å². The van der Waals surface area contributed by atoms with Crippen LogP contribution in [-0.4, -0.2) is 27.7 Å². The monoisotopic (exact) mass is 328 g/mol. The summed E-state index contributed by atoms with van der Waals surface area (Å²) in [6, 6.07) is 3.91. The Balaban J connectivity index is 0.00000127. The Kier molecular flexibility index (Phi) is 7.35. The highest BCUT2D eigenvalue weighted by Gasteiger charge is 2.13. The van der Waals surface area contributed by atoms with E-state index in [1.165, 1.54) is 0 Å². The molecule has 2 aromatic heterocycles. The Morgan fingerprint density at radius 2 is 2.09 bits per heavy atom. The topological polar surface area (TPSA) is 41.4 Å². The van der Waals surface area contributed by atoms with E-state index in [2.05, 4.69) is 28.2 Å². The van der Waals surface area contributed by atoms with E-state index in [1.807, 2.05) is 53.1 Å². The molecule has 122 valence electrons. The molecule has 0 unspecified atom stereocenters. The molecule has 2 heterocycles. The molecule has 0 fully saturated rings. The van der Waals surface area contributed by atoms with Crippen molar-refractivity contribution < 1.29 is 0 Å². The third-order valence-corrected chi connectivity index (χ3v) is 4.17. The first kappa shape index (κ1) is 18.8. The average Bonchev–Trinajstić information content (AvgIpc) is 2.96. The van der Waals surface area contributed by atoms with Gasteiger partial charge < -0.3 is 0 Å². The maximum Gasteiger partial charge on any atom is 0.125 e. The molecule has 0 aromatic carbocycles. The normalized spacial score (nSPS) is 10.6. The third-order valence-electron chi connectivity index (χ3n) is 2.94. The number of allylic oxidation sites excluding steroid dienone is 2. The molecule has 0 saturated carbocycles. The fourth-order valence-electron chi connectivity index (χ4n) is 1.67. The zero-order valence-corrected chi connectivity index (χ0v) is 15.3. The van der Waals surface area contributed by atoms with Gasteiger partial charge in [0.1, 0.15) is 10.7 Å². The van der Waals surface area contributed by atoms with Gasteiger partial charge in [-0.2, -0.15) is 5.10 Å². The number of pyridine rings is 1. The van der Waals surface area contributed by atoms with Gasteiger partial charge in [-0.15, -0.1) is 11.3 Å². The first-order valence-electron chi connectivity index (χ1n) is 7.51.